The summed E-state index contributed by atoms with van der Waals surface area (Å²) in [5.74, 6) is -2.29. The summed E-state index contributed by atoms with van der Waals surface area (Å²) in [6, 6.07) is 6.47. The molecule has 0 aliphatic heterocycles. The van der Waals surface area contributed by atoms with Gasteiger partial charge >= 0.3 is 5.97 Å². The van der Waals surface area contributed by atoms with Crippen molar-refractivity contribution in [2.75, 3.05) is 0 Å². The normalized spacial score (nSPS) is 10.6. The van der Waals surface area contributed by atoms with E-state index in [1.54, 1.807) is 0 Å². The summed E-state index contributed by atoms with van der Waals surface area (Å²) in [4.78, 5) is 11.1. The van der Waals surface area contributed by atoms with Gasteiger partial charge < -0.3 is 9.52 Å². The Hall–Kier alpha value is -1.82. The molecule has 2 rings (SSSR count). The Labute approximate surface area is 105 Å². The van der Waals surface area contributed by atoms with Crippen molar-refractivity contribution in [3.05, 3.63) is 53.5 Å². The van der Waals surface area contributed by atoms with Crippen molar-refractivity contribution in [2.24, 2.45) is 0 Å². The first-order valence-corrected chi connectivity index (χ1v) is 5.94. The first-order chi connectivity index (χ1) is 8.56. The Bertz CT molecular complexity index is 580. The van der Waals surface area contributed by atoms with Crippen molar-refractivity contribution >= 4 is 17.7 Å². The number of carbonyl (C=O) groups is 1. The van der Waals surface area contributed by atoms with Crippen molar-refractivity contribution in [1.29, 1.82) is 0 Å². The lowest BCUT2D eigenvalue weighted by Gasteiger charge is -2.00. The molecule has 94 valence electrons. The fourth-order valence-corrected chi connectivity index (χ4v) is 2.11. The predicted molar refractivity (Wildman–Crippen MR) is 61.6 cm³/mol. The molecule has 0 saturated carbocycles. The van der Waals surface area contributed by atoms with Crippen LogP contribution in [0.3, 0.4) is 0 Å². The number of furan rings is 1. The zero-order valence-corrected chi connectivity index (χ0v) is 9.84. The second-order valence-corrected chi connectivity index (χ2v) is 4.48. The molecule has 0 spiro atoms. The van der Waals surface area contributed by atoms with Crippen molar-refractivity contribution in [3.8, 4) is 0 Å². The minimum Gasteiger partial charge on any atom is -0.475 e. The van der Waals surface area contributed by atoms with Gasteiger partial charge in [0, 0.05) is 4.90 Å². The maximum absolute atomic E-state index is 12.9. The molecule has 2 aromatic rings. The molecule has 0 fully saturated rings. The molecule has 3 nitrogen and oxygen atoms in total. The maximum Gasteiger partial charge on any atom is 0.371 e. The second-order valence-electron chi connectivity index (χ2n) is 3.44. The number of thioether (sulfide) groups is 1. The molecule has 0 radical (unpaired) electrons. The lowest BCUT2D eigenvalue weighted by molar-refractivity contribution is 0.0661. The van der Waals surface area contributed by atoms with Gasteiger partial charge in [-0.15, -0.1) is 11.8 Å². The lowest BCUT2D eigenvalue weighted by Crippen LogP contribution is -1.91. The summed E-state index contributed by atoms with van der Waals surface area (Å²) < 4.78 is 30.6. The van der Waals surface area contributed by atoms with Crippen LogP contribution < -0.4 is 0 Å². The number of hydrogen-bond donors (Lipinski definition) is 1. The zero-order chi connectivity index (χ0) is 13.1. The summed E-state index contributed by atoms with van der Waals surface area (Å²) in [5, 5.41) is 8.66. The monoisotopic (exact) mass is 270 g/mol. The number of rotatable bonds is 4. The molecule has 0 aliphatic carbocycles. The highest BCUT2D eigenvalue weighted by atomic mass is 32.2. The summed E-state index contributed by atoms with van der Waals surface area (Å²) in [6.45, 7) is 0. The number of halogens is 2. The summed E-state index contributed by atoms with van der Waals surface area (Å²) in [5.41, 5.74) is 0. The first-order valence-electron chi connectivity index (χ1n) is 4.96. The Morgan fingerprint density at radius 3 is 2.61 bits per heavy atom. The minimum absolute atomic E-state index is 0.143. The smallest absolute Gasteiger partial charge is 0.371 e. The number of hydrogen-bond acceptors (Lipinski definition) is 3. The topological polar surface area (TPSA) is 50.4 Å². The van der Waals surface area contributed by atoms with E-state index < -0.39 is 17.6 Å². The summed E-state index contributed by atoms with van der Waals surface area (Å²) in [6.07, 6.45) is 0. The van der Waals surface area contributed by atoms with Gasteiger partial charge in [-0.3, -0.25) is 0 Å². The van der Waals surface area contributed by atoms with E-state index in [9.17, 15) is 13.6 Å². The van der Waals surface area contributed by atoms with Crippen molar-refractivity contribution < 1.29 is 23.1 Å². The van der Waals surface area contributed by atoms with Crippen LogP contribution >= 0.6 is 11.8 Å². The standard InChI is InChI=1S/C12H8F2O3S/c13-9-3-2-8(5-10(9)14)18-6-7-1-4-11(17-7)12(15)16/h1-5H,6H2,(H,15,16). The van der Waals surface area contributed by atoms with E-state index in [0.29, 0.717) is 16.4 Å². The van der Waals surface area contributed by atoms with E-state index in [4.69, 9.17) is 9.52 Å². The van der Waals surface area contributed by atoms with Gasteiger partial charge in [-0.2, -0.15) is 0 Å². The maximum atomic E-state index is 12.9. The SMILES string of the molecule is O=C(O)c1ccc(CSc2ccc(F)c(F)c2)o1. The fraction of sp³-hybridized carbons (Fsp3) is 0.0833. The molecule has 0 saturated heterocycles. The van der Waals surface area contributed by atoms with Crippen LogP contribution in [-0.4, -0.2) is 11.1 Å². The summed E-state index contributed by atoms with van der Waals surface area (Å²) >= 11 is 1.23. The molecule has 0 bridgehead atoms. The quantitative estimate of drug-likeness (QED) is 0.863. The number of aromatic carboxylic acids is 1. The largest absolute Gasteiger partial charge is 0.475 e. The fourth-order valence-electron chi connectivity index (χ4n) is 1.29. The van der Waals surface area contributed by atoms with Gasteiger partial charge in [-0.25, -0.2) is 13.6 Å². The van der Waals surface area contributed by atoms with E-state index >= 15 is 0 Å². The van der Waals surface area contributed by atoms with Gasteiger partial charge in [0.05, 0.1) is 5.75 Å². The molecule has 1 N–H and O–H groups in total. The zero-order valence-electron chi connectivity index (χ0n) is 9.02. The van der Waals surface area contributed by atoms with E-state index in [2.05, 4.69) is 0 Å². The van der Waals surface area contributed by atoms with Crippen LogP contribution in [0.1, 0.15) is 16.3 Å². The highest BCUT2D eigenvalue weighted by molar-refractivity contribution is 7.98. The van der Waals surface area contributed by atoms with Crippen LogP contribution in [0.4, 0.5) is 8.78 Å². The third kappa shape index (κ3) is 2.89. The van der Waals surface area contributed by atoms with Gasteiger partial charge in [0.15, 0.2) is 11.6 Å². The second kappa shape index (κ2) is 5.22. The summed E-state index contributed by atoms with van der Waals surface area (Å²) in [7, 11) is 0. The van der Waals surface area contributed by atoms with Crippen molar-refractivity contribution in [2.45, 2.75) is 10.6 Å². The number of carboxylic acid groups (broad SMARTS) is 1. The Kier molecular flexibility index (Phi) is 3.66. The lowest BCUT2D eigenvalue weighted by atomic mass is 10.3. The minimum atomic E-state index is -1.14. The third-order valence-corrected chi connectivity index (χ3v) is 3.16. The highest BCUT2D eigenvalue weighted by Gasteiger charge is 2.09. The van der Waals surface area contributed by atoms with Crippen LogP contribution in [0.25, 0.3) is 0 Å². The van der Waals surface area contributed by atoms with Crippen molar-refractivity contribution in [3.63, 3.8) is 0 Å². The van der Waals surface area contributed by atoms with Crippen LogP contribution in [0.15, 0.2) is 39.6 Å². The number of carboxylic acids is 1. The van der Waals surface area contributed by atoms with Crippen LogP contribution in [0.2, 0.25) is 0 Å². The molecule has 1 aromatic heterocycles. The van der Waals surface area contributed by atoms with Gasteiger partial charge in [0.2, 0.25) is 5.76 Å². The molecule has 1 heterocycles. The van der Waals surface area contributed by atoms with Crippen LogP contribution in [0.5, 0.6) is 0 Å². The van der Waals surface area contributed by atoms with Gasteiger partial charge in [-0.05, 0) is 30.3 Å². The number of benzene rings is 1. The van der Waals surface area contributed by atoms with Gasteiger partial charge in [0.25, 0.3) is 0 Å². The average Bonchev–Trinajstić information content (AvgIpc) is 2.79. The molecular formula is C12H8F2O3S. The third-order valence-electron chi connectivity index (χ3n) is 2.14. The Morgan fingerprint density at radius 1 is 1.22 bits per heavy atom. The molecular weight excluding hydrogens is 262 g/mol. The molecule has 18 heavy (non-hydrogen) atoms. The van der Waals surface area contributed by atoms with Crippen LogP contribution in [-0.2, 0) is 5.75 Å². The van der Waals surface area contributed by atoms with Crippen LogP contribution in [0, 0.1) is 11.6 Å². The highest BCUT2D eigenvalue weighted by Crippen LogP contribution is 2.25. The average molecular weight is 270 g/mol. The van der Waals surface area contributed by atoms with E-state index in [0.717, 1.165) is 12.1 Å². The Balaban J connectivity index is 2.02. The van der Waals surface area contributed by atoms with Gasteiger partial charge in [0.1, 0.15) is 5.76 Å². The van der Waals surface area contributed by atoms with E-state index in [1.165, 1.54) is 30.0 Å². The molecule has 0 aliphatic rings. The van der Waals surface area contributed by atoms with Gasteiger partial charge in [-0.1, -0.05) is 0 Å². The van der Waals surface area contributed by atoms with E-state index in [-0.39, 0.29) is 5.76 Å². The molecule has 0 atom stereocenters. The molecule has 0 amide bonds. The first kappa shape index (κ1) is 12.6. The molecule has 1 aromatic carbocycles. The molecule has 0 unspecified atom stereocenters. The Morgan fingerprint density at radius 2 is 2.00 bits per heavy atom. The van der Waals surface area contributed by atoms with Crippen molar-refractivity contribution in [1.82, 2.24) is 0 Å². The predicted octanol–water partition coefficient (Wildman–Crippen LogP) is 3.55. The molecule has 6 heteroatoms. The van der Waals surface area contributed by atoms with E-state index in [1.807, 2.05) is 0 Å².